The van der Waals surface area contributed by atoms with Crippen molar-refractivity contribution in [1.29, 1.82) is 0 Å². The van der Waals surface area contributed by atoms with Crippen LogP contribution in [0.4, 0.5) is 0 Å². The van der Waals surface area contributed by atoms with Gasteiger partial charge in [0.2, 0.25) is 0 Å². The molecule has 2 nitrogen and oxygen atoms in total. The first-order valence-electron chi connectivity index (χ1n) is 1.56. The van der Waals surface area contributed by atoms with Crippen LogP contribution in [0.25, 0.3) is 0 Å². The first kappa shape index (κ1) is 8.56. The molecule has 3 N–H and O–H groups in total. The van der Waals surface area contributed by atoms with E-state index in [-0.39, 0.29) is 5.11 Å². The maximum Gasteiger partial charge on any atom is 0.267 e. The van der Waals surface area contributed by atoms with E-state index in [4.69, 9.17) is 40.5 Å². The molecule has 0 atom stereocenters. The van der Waals surface area contributed by atoms with Crippen molar-refractivity contribution in [3.8, 4) is 0 Å². The van der Waals surface area contributed by atoms with Gasteiger partial charge in [0.05, 0.1) is 0 Å². The lowest BCUT2D eigenvalue weighted by Crippen LogP contribution is -2.38. The number of nitrogens with one attached hydrogen (secondary N) is 1. The van der Waals surface area contributed by atoms with E-state index in [2.05, 4.69) is 17.5 Å². The fourth-order valence-electron chi connectivity index (χ4n) is 0.140. The predicted molar refractivity (Wildman–Crippen MR) is 40.2 cm³/mol. The van der Waals surface area contributed by atoms with Gasteiger partial charge in [-0.1, -0.05) is 34.8 Å². The van der Waals surface area contributed by atoms with Crippen molar-refractivity contribution in [2.24, 2.45) is 5.73 Å². The molecule has 0 saturated heterocycles. The van der Waals surface area contributed by atoms with E-state index >= 15 is 0 Å². The van der Waals surface area contributed by atoms with Crippen molar-refractivity contribution in [3.05, 3.63) is 0 Å². The average molecular weight is 193 g/mol. The smallest absolute Gasteiger partial charge is 0.267 e. The summed E-state index contributed by atoms with van der Waals surface area (Å²) in [6.45, 7) is 0. The van der Waals surface area contributed by atoms with Crippen LogP contribution in [0.3, 0.4) is 0 Å². The van der Waals surface area contributed by atoms with Crippen LogP contribution in [0, 0.1) is 0 Å². The minimum Gasteiger partial charge on any atom is -0.376 e. The molecular weight excluding hydrogens is 190 g/mol. The van der Waals surface area contributed by atoms with Gasteiger partial charge in [-0.25, -0.2) is 0 Å². The highest BCUT2D eigenvalue weighted by molar-refractivity contribution is 7.80. The van der Waals surface area contributed by atoms with Gasteiger partial charge in [-0.15, -0.1) is 0 Å². The summed E-state index contributed by atoms with van der Waals surface area (Å²) in [7, 11) is 0. The number of rotatable bonds is 0. The van der Waals surface area contributed by atoms with Gasteiger partial charge in [0.25, 0.3) is 3.92 Å². The Kier molecular flexibility index (Phi) is 3.12. The molecule has 0 spiro atoms. The zero-order valence-electron chi connectivity index (χ0n) is 3.62. The first-order valence-corrected chi connectivity index (χ1v) is 3.10. The summed E-state index contributed by atoms with van der Waals surface area (Å²) in [5, 5.41) is 2.15. The van der Waals surface area contributed by atoms with Crippen LogP contribution in [0.5, 0.6) is 0 Å². The number of nitrogens with two attached hydrogens (primary N) is 1. The van der Waals surface area contributed by atoms with Crippen LogP contribution in [0.15, 0.2) is 0 Å². The number of thiocarbonyl (C=S) groups is 1. The van der Waals surface area contributed by atoms with E-state index in [1.165, 1.54) is 0 Å². The SMILES string of the molecule is NC(=S)NC(Cl)(Cl)Cl. The highest BCUT2D eigenvalue weighted by atomic mass is 35.6. The molecule has 0 aromatic carbocycles. The number of alkyl halides is 3. The van der Waals surface area contributed by atoms with Crippen LogP contribution in [0.2, 0.25) is 0 Å². The van der Waals surface area contributed by atoms with Gasteiger partial charge in [-0.3, -0.25) is 0 Å². The second-order valence-corrected chi connectivity index (χ2v) is 3.71. The summed E-state index contributed by atoms with van der Waals surface area (Å²) in [5.41, 5.74) is 4.95. The zero-order valence-corrected chi connectivity index (χ0v) is 6.70. The van der Waals surface area contributed by atoms with E-state index in [1.54, 1.807) is 0 Å². The van der Waals surface area contributed by atoms with Crippen molar-refractivity contribution in [3.63, 3.8) is 0 Å². The first-order chi connectivity index (χ1) is 3.42. The fourth-order valence-corrected chi connectivity index (χ4v) is 0.766. The second kappa shape index (κ2) is 2.92. The molecule has 8 heavy (non-hydrogen) atoms. The van der Waals surface area contributed by atoms with E-state index < -0.39 is 3.92 Å². The van der Waals surface area contributed by atoms with Crippen LogP contribution >= 0.6 is 47.0 Å². The molecule has 0 heterocycles. The Hall–Kier alpha value is 0.560. The highest BCUT2D eigenvalue weighted by Gasteiger charge is 2.18. The lowest BCUT2D eigenvalue weighted by molar-refractivity contribution is 0.979. The van der Waals surface area contributed by atoms with Gasteiger partial charge < -0.3 is 11.1 Å². The van der Waals surface area contributed by atoms with E-state index in [0.717, 1.165) is 0 Å². The molecule has 0 aliphatic rings. The van der Waals surface area contributed by atoms with E-state index in [0.29, 0.717) is 0 Å². The molecule has 0 fully saturated rings. The molecule has 0 unspecified atom stereocenters. The van der Waals surface area contributed by atoms with Gasteiger partial charge in [-0.2, -0.15) is 0 Å². The number of hydrogen-bond donors (Lipinski definition) is 2. The molecule has 0 amide bonds. The normalized spacial score (nSPS) is 10.9. The Morgan fingerprint density at radius 2 is 1.88 bits per heavy atom. The van der Waals surface area contributed by atoms with Crippen molar-refractivity contribution in [2.75, 3.05) is 0 Å². The maximum absolute atomic E-state index is 5.18. The molecular formula is C2H3Cl3N2S. The number of hydrogen-bond acceptors (Lipinski definition) is 1. The van der Waals surface area contributed by atoms with Gasteiger partial charge in [0.1, 0.15) is 0 Å². The lowest BCUT2D eigenvalue weighted by atomic mass is 11.1. The Bertz CT molecular complexity index is 97.9. The molecule has 0 bridgehead atoms. The Balaban J connectivity index is 3.55. The predicted octanol–water partition coefficient (Wildman–Crippen LogP) is 1.15. The monoisotopic (exact) mass is 192 g/mol. The van der Waals surface area contributed by atoms with E-state index in [1.807, 2.05) is 0 Å². The summed E-state index contributed by atoms with van der Waals surface area (Å²) in [6.07, 6.45) is 0. The van der Waals surface area contributed by atoms with Crippen LogP contribution in [-0.2, 0) is 0 Å². The molecule has 0 rings (SSSR count). The van der Waals surface area contributed by atoms with Crippen molar-refractivity contribution >= 4 is 52.1 Å². The topological polar surface area (TPSA) is 38.0 Å². The minimum atomic E-state index is -1.58. The number of halogens is 3. The molecule has 0 aliphatic heterocycles. The second-order valence-electron chi connectivity index (χ2n) is 0.987. The van der Waals surface area contributed by atoms with Crippen LogP contribution in [0.1, 0.15) is 0 Å². The average Bonchev–Trinajstić information content (AvgIpc) is 1.21. The summed E-state index contributed by atoms with van der Waals surface area (Å²) < 4.78 is -1.58. The molecule has 0 aromatic heterocycles. The van der Waals surface area contributed by atoms with Gasteiger partial charge in [-0.05, 0) is 12.2 Å². The summed E-state index contributed by atoms with van der Waals surface area (Å²) in [6, 6.07) is 0. The van der Waals surface area contributed by atoms with Crippen molar-refractivity contribution in [1.82, 2.24) is 5.32 Å². The summed E-state index contributed by atoms with van der Waals surface area (Å²) in [5.74, 6) is 0. The zero-order chi connectivity index (χ0) is 6.78. The minimum absolute atomic E-state index is 0.0370. The third-order valence-corrected chi connectivity index (χ3v) is 0.650. The van der Waals surface area contributed by atoms with Gasteiger partial charge in [0.15, 0.2) is 5.11 Å². The Morgan fingerprint density at radius 3 is 1.88 bits per heavy atom. The van der Waals surface area contributed by atoms with Gasteiger partial charge >= 0.3 is 0 Å². The fraction of sp³-hybridized carbons (Fsp3) is 0.500. The van der Waals surface area contributed by atoms with Crippen LogP contribution < -0.4 is 11.1 Å². The molecule has 48 valence electrons. The Labute approximate surface area is 67.3 Å². The summed E-state index contributed by atoms with van der Waals surface area (Å²) >= 11 is 19.9. The van der Waals surface area contributed by atoms with Crippen molar-refractivity contribution < 1.29 is 0 Å². The van der Waals surface area contributed by atoms with E-state index in [9.17, 15) is 0 Å². The standard InChI is InChI=1S/C2H3Cl3N2S/c3-2(4,5)7-1(6)8/h(H3,6,7,8). The van der Waals surface area contributed by atoms with Crippen molar-refractivity contribution in [2.45, 2.75) is 3.92 Å². The van der Waals surface area contributed by atoms with Gasteiger partial charge in [0, 0.05) is 0 Å². The molecule has 0 radical (unpaired) electrons. The highest BCUT2D eigenvalue weighted by Crippen LogP contribution is 2.20. The quantitative estimate of drug-likeness (QED) is 0.344. The molecule has 6 heteroatoms. The summed E-state index contributed by atoms with van der Waals surface area (Å²) in [4.78, 5) is 0. The molecule has 0 aromatic rings. The molecule has 0 saturated carbocycles. The lowest BCUT2D eigenvalue weighted by Gasteiger charge is -2.11. The molecule has 0 aliphatic carbocycles. The maximum atomic E-state index is 5.18. The largest absolute Gasteiger partial charge is 0.376 e. The third kappa shape index (κ3) is 6.56. The third-order valence-electron chi connectivity index (χ3n) is 0.265. The van der Waals surface area contributed by atoms with Crippen LogP contribution in [-0.4, -0.2) is 9.03 Å². The Morgan fingerprint density at radius 1 is 1.50 bits per heavy atom.